The molecule has 0 amide bonds. The number of hydrogen-bond donors (Lipinski definition) is 3. The van der Waals surface area contributed by atoms with E-state index in [-0.39, 0.29) is 6.61 Å². The molecule has 8 heteroatoms. The molecular weight excluding hydrogens is 464 g/mol. The van der Waals surface area contributed by atoms with E-state index >= 15 is 0 Å². The van der Waals surface area contributed by atoms with Crippen LogP contribution < -0.4 is 10.6 Å². The number of aliphatic hydroxyl groups is 1. The van der Waals surface area contributed by atoms with E-state index < -0.39 is 5.41 Å². The second kappa shape index (κ2) is 10.5. The Morgan fingerprint density at radius 1 is 1.22 bits per heavy atom. The van der Waals surface area contributed by atoms with Gasteiger partial charge in [0.2, 0.25) is 5.95 Å². The standard InChI is InChI=1S/C29H34N6O2/c1-29(18-36)17-32-27-21(15-30)12-20(14-25(27)29)26-6-9-31-28(34-26)33-23-4-5-24(19-7-10-37-11-8-19)22(13-23)16-35(2)3/h4-6,9,12-14,19,32,36H,7-8,10-11,16-18H2,1-3H3,(H,31,33,34)/t29-/m1/s1. The van der Waals surface area contributed by atoms with Gasteiger partial charge >= 0.3 is 0 Å². The number of nitriles is 1. The van der Waals surface area contributed by atoms with Gasteiger partial charge in [-0.1, -0.05) is 13.0 Å². The van der Waals surface area contributed by atoms with E-state index in [9.17, 15) is 10.4 Å². The number of benzene rings is 2. The van der Waals surface area contributed by atoms with Crippen molar-refractivity contribution in [3.8, 4) is 17.3 Å². The molecular formula is C29H34N6O2. The van der Waals surface area contributed by atoms with Gasteiger partial charge in [0.25, 0.3) is 0 Å². The number of anilines is 3. The first-order chi connectivity index (χ1) is 17.9. The smallest absolute Gasteiger partial charge is 0.227 e. The molecule has 2 aromatic carbocycles. The molecule has 0 spiro atoms. The highest BCUT2D eigenvalue weighted by atomic mass is 16.5. The molecule has 3 N–H and O–H groups in total. The summed E-state index contributed by atoms with van der Waals surface area (Å²) in [5.74, 6) is 1.01. The highest BCUT2D eigenvalue weighted by Crippen LogP contribution is 2.41. The molecule has 1 atom stereocenters. The average molecular weight is 499 g/mol. The maximum atomic E-state index is 10.0. The molecule has 5 rings (SSSR count). The fourth-order valence-corrected chi connectivity index (χ4v) is 5.34. The molecule has 1 saturated heterocycles. The lowest BCUT2D eigenvalue weighted by molar-refractivity contribution is 0.0850. The van der Waals surface area contributed by atoms with Gasteiger partial charge in [-0.3, -0.25) is 0 Å². The van der Waals surface area contributed by atoms with Crippen molar-refractivity contribution in [3.05, 3.63) is 64.8 Å². The molecule has 1 aromatic heterocycles. The lowest BCUT2D eigenvalue weighted by Crippen LogP contribution is -2.28. The molecule has 0 aliphatic carbocycles. The Hall–Kier alpha value is -3.51. The Bertz CT molecular complexity index is 1330. The number of aromatic nitrogens is 2. The van der Waals surface area contributed by atoms with E-state index in [1.54, 1.807) is 6.20 Å². The van der Waals surface area contributed by atoms with Gasteiger partial charge in [0.05, 0.1) is 23.6 Å². The predicted molar refractivity (Wildman–Crippen MR) is 145 cm³/mol. The minimum Gasteiger partial charge on any atom is -0.395 e. The Balaban J connectivity index is 1.45. The first-order valence-corrected chi connectivity index (χ1v) is 12.8. The number of rotatable bonds is 7. The van der Waals surface area contributed by atoms with Gasteiger partial charge in [0.1, 0.15) is 6.07 Å². The van der Waals surface area contributed by atoms with Crippen molar-refractivity contribution < 1.29 is 9.84 Å². The molecule has 1 fully saturated rings. The molecule has 2 aliphatic rings. The van der Waals surface area contributed by atoms with E-state index in [1.807, 2.05) is 25.1 Å². The Labute approximate surface area is 218 Å². The van der Waals surface area contributed by atoms with Crippen LogP contribution in [0.4, 0.5) is 17.3 Å². The number of nitrogens with zero attached hydrogens (tertiary/aromatic N) is 4. The largest absolute Gasteiger partial charge is 0.395 e. The van der Waals surface area contributed by atoms with Crippen LogP contribution in [0, 0.1) is 11.3 Å². The van der Waals surface area contributed by atoms with Gasteiger partial charge < -0.3 is 25.4 Å². The highest BCUT2D eigenvalue weighted by molar-refractivity contribution is 5.76. The summed E-state index contributed by atoms with van der Waals surface area (Å²) >= 11 is 0. The summed E-state index contributed by atoms with van der Waals surface area (Å²) in [5, 5.41) is 26.5. The average Bonchev–Trinajstić information content (AvgIpc) is 3.25. The van der Waals surface area contributed by atoms with Crippen molar-refractivity contribution in [1.29, 1.82) is 5.26 Å². The van der Waals surface area contributed by atoms with Crippen LogP contribution >= 0.6 is 0 Å². The number of fused-ring (bicyclic) bond motifs is 1. The quantitative estimate of drug-likeness (QED) is 0.440. The van der Waals surface area contributed by atoms with Crippen LogP contribution in [-0.4, -0.2) is 60.4 Å². The fraction of sp³-hybridized carbons (Fsp3) is 0.414. The van der Waals surface area contributed by atoms with Crippen LogP contribution in [0.3, 0.4) is 0 Å². The van der Waals surface area contributed by atoms with E-state index in [2.05, 4.69) is 58.9 Å². The zero-order chi connectivity index (χ0) is 26.0. The molecule has 2 aliphatic heterocycles. The Morgan fingerprint density at radius 2 is 2.03 bits per heavy atom. The monoisotopic (exact) mass is 498 g/mol. The molecule has 3 heterocycles. The molecule has 0 saturated carbocycles. The Kier molecular flexibility index (Phi) is 7.11. The number of nitrogens with one attached hydrogen (secondary N) is 2. The molecule has 8 nitrogen and oxygen atoms in total. The number of ether oxygens (including phenoxy) is 1. The fourth-order valence-electron chi connectivity index (χ4n) is 5.34. The minimum absolute atomic E-state index is 0.00292. The summed E-state index contributed by atoms with van der Waals surface area (Å²) in [7, 11) is 4.17. The Morgan fingerprint density at radius 3 is 2.76 bits per heavy atom. The molecule has 0 radical (unpaired) electrons. The lowest BCUT2D eigenvalue weighted by Gasteiger charge is -2.26. The van der Waals surface area contributed by atoms with Crippen LogP contribution in [0.25, 0.3) is 11.3 Å². The first-order valence-electron chi connectivity index (χ1n) is 12.8. The molecule has 192 valence electrons. The first kappa shape index (κ1) is 25.2. The second-order valence-electron chi connectivity index (χ2n) is 10.6. The van der Waals surface area contributed by atoms with Crippen molar-refractivity contribution in [2.24, 2.45) is 0 Å². The number of aliphatic hydroxyl groups excluding tert-OH is 1. The van der Waals surface area contributed by atoms with Crippen molar-refractivity contribution in [1.82, 2.24) is 14.9 Å². The zero-order valence-electron chi connectivity index (χ0n) is 21.7. The molecule has 37 heavy (non-hydrogen) atoms. The van der Waals surface area contributed by atoms with Crippen molar-refractivity contribution in [2.45, 2.75) is 37.6 Å². The molecule has 3 aromatic rings. The van der Waals surface area contributed by atoms with Crippen LogP contribution in [-0.2, 0) is 16.7 Å². The highest BCUT2D eigenvalue weighted by Gasteiger charge is 2.36. The second-order valence-corrected chi connectivity index (χ2v) is 10.6. The van der Waals surface area contributed by atoms with Crippen molar-refractivity contribution in [2.75, 3.05) is 51.1 Å². The minimum atomic E-state index is -0.444. The van der Waals surface area contributed by atoms with Crippen LogP contribution in [0.5, 0.6) is 0 Å². The summed E-state index contributed by atoms with van der Waals surface area (Å²) in [6.45, 7) is 5.07. The summed E-state index contributed by atoms with van der Waals surface area (Å²) in [4.78, 5) is 11.4. The van der Waals surface area contributed by atoms with E-state index in [4.69, 9.17) is 9.72 Å². The normalized spacial score (nSPS) is 19.4. The third-order valence-corrected chi connectivity index (χ3v) is 7.41. The SMILES string of the molecule is CN(C)Cc1cc(Nc2nccc(-c3cc(C#N)c4c(c3)[C@@](C)(CO)CN4)n2)ccc1C1CCOCC1. The van der Waals surface area contributed by atoms with Crippen molar-refractivity contribution >= 4 is 17.3 Å². The summed E-state index contributed by atoms with van der Waals surface area (Å²) in [6, 6.07) is 14.5. The summed E-state index contributed by atoms with van der Waals surface area (Å²) in [6.07, 6.45) is 3.83. The molecule has 0 unspecified atom stereocenters. The van der Waals surface area contributed by atoms with Gasteiger partial charge in [0, 0.05) is 49.2 Å². The van der Waals surface area contributed by atoms with Gasteiger partial charge in [-0.2, -0.15) is 5.26 Å². The maximum absolute atomic E-state index is 10.0. The van der Waals surface area contributed by atoms with Gasteiger partial charge in [-0.25, -0.2) is 9.97 Å². The molecule has 0 bridgehead atoms. The summed E-state index contributed by atoms with van der Waals surface area (Å²) < 4.78 is 5.58. The maximum Gasteiger partial charge on any atom is 0.227 e. The van der Waals surface area contributed by atoms with Gasteiger partial charge in [-0.05, 0) is 79.9 Å². The third-order valence-electron chi connectivity index (χ3n) is 7.41. The zero-order valence-corrected chi connectivity index (χ0v) is 21.7. The summed E-state index contributed by atoms with van der Waals surface area (Å²) in [5.41, 5.74) is 7.01. The van der Waals surface area contributed by atoms with Crippen LogP contribution in [0.15, 0.2) is 42.6 Å². The van der Waals surface area contributed by atoms with Crippen LogP contribution in [0.1, 0.15) is 47.9 Å². The van der Waals surface area contributed by atoms with E-state index in [0.717, 1.165) is 60.8 Å². The van der Waals surface area contributed by atoms with Crippen LogP contribution in [0.2, 0.25) is 0 Å². The van der Waals surface area contributed by atoms with E-state index in [0.29, 0.717) is 24.0 Å². The topological polar surface area (TPSA) is 106 Å². The predicted octanol–water partition coefficient (Wildman–Crippen LogP) is 4.39. The third kappa shape index (κ3) is 5.16. The van der Waals surface area contributed by atoms with Gasteiger partial charge in [-0.15, -0.1) is 0 Å². The van der Waals surface area contributed by atoms with Crippen molar-refractivity contribution in [3.63, 3.8) is 0 Å². The lowest BCUT2D eigenvalue weighted by atomic mass is 9.83. The van der Waals surface area contributed by atoms with E-state index in [1.165, 1.54) is 11.1 Å². The number of hydrogen-bond acceptors (Lipinski definition) is 8. The van der Waals surface area contributed by atoms with Gasteiger partial charge in [0.15, 0.2) is 0 Å².